The monoisotopic (exact) mass is 181 g/mol. The molecule has 0 bridgehead atoms. The Bertz CT molecular complexity index is 250. The van der Waals surface area contributed by atoms with Gasteiger partial charge in [0.05, 0.1) is 4.92 Å². The van der Waals surface area contributed by atoms with E-state index in [-0.39, 0.29) is 34.6 Å². The molecule has 2 N–H and O–H groups in total. The molecule has 11 heavy (non-hydrogen) atoms. The summed E-state index contributed by atoms with van der Waals surface area (Å²) < 4.78 is 0. The molecule has 0 amide bonds. The first-order valence-electron chi connectivity index (χ1n) is 2.67. The Balaban J connectivity index is 0.000001000. The average molecular weight is 181 g/mol. The average Bonchev–Trinajstić information content (AvgIpc) is 2.34. The molecule has 1 rings (SSSR count). The summed E-state index contributed by atoms with van der Waals surface area (Å²) in [5.41, 5.74) is 5.25. The number of nitrogens with zero attached hydrogens (tertiary/aromatic N) is 1. The van der Waals surface area contributed by atoms with E-state index in [0.717, 1.165) is 16.2 Å². The normalized spacial score (nSPS) is 8.82. The third-order valence-electron chi connectivity index (χ3n) is 1.03. The topological polar surface area (TPSA) is 69.2 Å². The zero-order valence-corrected chi connectivity index (χ0v) is 8.93. The maximum Gasteiger partial charge on any atom is 0.324 e. The van der Waals surface area contributed by atoms with Crippen LogP contribution in [0.4, 0.5) is 5.00 Å². The van der Waals surface area contributed by atoms with Crippen LogP contribution in [0.3, 0.4) is 0 Å². The van der Waals surface area contributed by atoms with Gasteiger partial charge in [0.25, 0.3) is 0 Å². The first kappa shape index (κ1) is 11.1. The summed E-state index contributed by atoms with van der Waals surface area (Å²) >= 11 is 1.12. The largest absolute Gasteiger partial charge is 0.326 e. The van der Waals surface area contributed by atoms with E-state index < -0.39 is 4.92 Å². The maximum atomic E-state index is 10.1. The van der Waals surface area contributed by atoms with Gasteiger partial charge in [-0.05, 0) is 6.07 Å². The van der Waals surface area contributed by atoms with Crippen molar-refractivity contribution in [1.29, 1.82) is 0 Å². The molecular weight excluding hydrogens is 175 g/mol. The summed E-state index contributed by atoms with van der Waals surface area (Å²) in [6.07, 6.45) is 0. The van der Waals surface area contributed by atoms with Crippen LogP contribution in [0.25, 0.3) is 0 Å². The number of nitro groups is 1. The van der Waals surface area contributed by atoms with Gasteiger partial charge in [0.2, 0.25) is 0 Å². The fourth-order valence-electron chi connectivity index (χ4n) is 0.574. The minimum atomic E-state index is -0.413. The first-order valence-corrected chi connectivity index (χ1v) is 3.49. The van der Waals surface area contributed by atoms with Crippen molar-refractivity contribution in [3.63, 3.8) is 0 Å². The molecule has 6 heteroatoms. The van der Waals surface area contributed by atoms with E-state index in [1.165, 1.54) is 6.07 Å². The second-order valence-corrected chi connectivity index (χ2v) is 2.85. The van der Waals surface area contributed by atoms with E-state index in [2.05, 4.69) is 0 Å². The van der Waals surface area contributed by atoms with E-state index >= 15 is 0 Å². The predicted molar refractivity (Wildman–Crippen MR) is 44.6 cm³/mol. The van der Waals surface area contributed by atoms with E-state index in [1.807, 2.05) is 0 Å². The molecule has 0 aliphatic carbocycles. The molecule has 1 radical (unpaired) electrons. The van der Waals surface area contributed by atoms with Crippen molar-refractivity contribution in [2.45, 2.75) is 6.54 Å². The quantitative estimate of drug-likeness (QED) is 0.415. The van der Waals surface area contributed by atoms with Crippen LogP contribution in [0.2, 0.25) is 0 Å². The second kappa shape index (κ2) is 4.84. The van der Waals surface area contributed by atoms with Gasteiger partial charge in [-0.3, -0.25) is 10.1 Å². The Labute approximate surface area is 89.8 Å². The summed E-state index contributed by atoms with van der Waals surface area (Å²) in [5, 5.41) is 10.3. The SMILES string of the molecule is NCc1ccc([N+](=O)[O-])s1.[Na]. The zero-order chi connectivity index (χ0) is 7.56. The van der Waals surface area contributed by atoms with Gasteiger partial charge in [0.1, 0.15) is 0 Å². The number of hydrogen-bond acceptors (Lipinski definition) is 4. The van der Waals surface area contributed by atoms with E-state index in [0.29, 0.717) is 6.54 Å². The third-order valence-corrected chi connectivity index (χ3v) is 2.09. The fourth-order valence-corrected chi connectivity index (χ4v) is 1.27. The number of hydrogen-bond donors (Lipinski definition) is 1. The second-order valence-electron chi connectivity index (χ2n) is 1.70. The van der Waals surface area contributed by atoms with Crippen molar-refractivity contribution in [3.05, 3.63) is 27.1 Å². The standard InChI is InChI=1S/C5H6N2O2S.Na/c6-3-4-1-2-5(10-4)7(8)9;/h1-2H,3,6H2;. The van der Waals surface area contributed by atoms with Crippen LogP contribution in [-0.2, 0) is 6.54 Å². The number of thiophene rings is 1. The minimum absolute atomic E-state index is 0. The van der Waals surface area contributed by atoms with Gasteiger partial charge in [-0.2, -0.15) is 0 Å². The van der Waals surface area contributed by atoms with Crippen LogP contribution < -0.4 is 5.73 Å². The van der Waals surface area contributed by atoms with Crippen LogP contribution in [-0.4, -0.2) is 34.5 Å². The summed E-state index contributed by atoms with van der Waals surface area (Å²) in [4.78, 5) is 10.5. The molecule has 0 saturated carbocycles. The van der Waals surface area contributed by atoms with Gasteiger partial charge < -0.3 is 5.73 Å². The van der Waals surface area contributed by atoms with Crippen LogP contribution >= 0.6 is 11.3 Å². The molecule has 0 saturated heterocycles. The maximum absolute atomic E-state index is 10.1. The molecule has 0 aliphatic heterocycles. The Hall–Kier alpha value is 0.0600. The van der Waals surface area contributed by atoms with Gasteiger partial charge in [-0.1, -0.05) is 11.3 Å². The third kappa shape index (κ3) is 2.88. The van der Waals surface area contributed by atoms with E-state index in [1.54, 1.807) is 6.07 Å². The summed E-state index contributed by atoms with van der Waals surface area (Å²) in [6.45, 7) is 0.374. The Morgan fingerprint density at radius 1 is 1.64 bits per heavy atom. The van der Waals surface area contributed by atoms with Gasteiger partial charge in [0, 0.05) is 47.0 Å². The van der Waals surface area contributed by atoms with Crippen molar-refractivity contribution in [2.75, 3.05) is 0 Å². The molecule has 0 aliphatic rings. The van der Waals surface area contributed by atoms with E-state index in [9.17, 15) is 10.1 Å². The molecule has 0 atom stereocenters. The molecule has 4 nitrogen and oxygen atoms in total. The van der Waals surface area contributed by atoms with E-state index in [4.69, 9.17) is 5.73 Å². The van der Waals surface area contributed by atoms with Crippen LogP contribution in [0.1, 0.15) is 4.88 Å². The molecule has 1 aromatic heterocycles. The van der Waals surface area contributed by atoms with Crippen molar-refractivity contribution in [1.82, 2.24) is 0 Å². The van der Waals surface area contributed by atoms with Gasteiger partial charge in [0.15, 0.2) is 0 Å². The predicted octanol–water partition coefficient (Wildman–Crippen LogP) is 0.734. The van der Waals surface area contributed by atoms with Crippen molar-refractivity contribution < 1.29 is 4.92 Å². The Morgan fingerprint density at radius 2 is 2.27 bits per heavy atom. The minimum Gasteiger partial charge on any atom is -0.326 e. The molecule has 55 valence electrons. The summed E-state index contributed by atoms with van der Waals surface area (Å²) in [5.74, 6) is 0. The van der Waals surface area contributed by atoms with Crippen LogP contribution in [0, 0.1) is 10.1 Å². The number of rotatable bonds is 2. The van der Waals surface area contributed by atoms with Gasteiger partial charge in [-0.15, -0.1) is 0 Å². The first-order chi connectivity index (χ1) is 4.74. The van der Waals surface area contributed by atoms with Crippen molar-refractivity contribution >= 4 is 45.9 Å². The smallest absolute Gasteiger partial charge is 0.324 e. The Kier molecular flexibility index (Phi) is 4.87. The summed E-state index contributed by atoms with van der Waals surface area (Å²) in [6, 6.07) is 3.13. The fraction of sp³-hybridized carbons (Fsp3) is 0.200. The molecule has 0 unspecified atom stereocenters. The van der Waals surface area contributed by atoms with Crippen LogP contribution in [0.5, 0.6) is 0 Å². The molecule has 0 spiro atoms. The molecule has 1 aromatic rings. The van der Waals surface area contributed by atoms with Crippen LogP contribution in [0.15, 0.2) is 12.1 Å². The van der Waals surface area contributed by atoms with Crippen molar-refractivity contribution in [2.24, 2.45) is 5.73 Å². The van der Waals surface area contributed by atoms with Crippen molar-refractivity contribution in [3.8, 4) is 0 Å². The number of nitrogens with two attached hydrogens (primary N) is 1. The Morgan fingerprint density at radius 3 is 2.55 bits per heavy atom. The van der Waals surface area contributed by atoms with Gasteiger partial charge in [-0.25, -0.2) is 0 Å². The molecule has 0 aromatic carbocycles. The zero-order valence-electron chi connectivity index (χ0n) is 6.11. The molecule has 1 heterocycles. The molecular formula is C5H6N2NaO2S. The molecule has 0 fully saturated rings. The summed E-state index contributed by atoms with van der Waals surface area (Å²) in [7, 11) is 0. The van der Waals surface area contributed by atoms with Gasteiger partial charge >= 0.3 is 5.00 Å².